The summed E-state index contributed by atoms with van der Waals surface area (Å²) in [6.45, 7) is 17.2. The van der Waals surface area contributed by atoms with E-state index in [0.29, 0.717) is 29.7 Å². The lowest BCUT2D eigenvalue weighted by Crippen LogP contribution is -2.61. The van der Waals surface area contributed by atoms with Gasteiger partial charge in [-0.2, -0.15) is 0 Å². The Hall–Kier alpha value is -6.57. The Morgan fingerprint density at radius 1 is 0.857 bits per heavy atom. The van der Waals surface area contributed by atoms with Crippen molar-refractivity contribution in [1.82, 2.24) is 36.0 Å². The summed E-state index contributed by atoms with van der Waals surface area (Å²) in [7, 11) is 4.32. The molecule has 20 heteroatoms. The first-order valence-electron chi connectivity index (χ1n) is 27.1. The molecule has 2 fully saturated rings. The molecule has 11 atom stereocenters. The van der Waals surface area contributed by atoms with Crippen molar-refractivity contribution in [2.45, 2.75) is 175 Å². The number of aliphatic hydroxyl groups is 1. The number of nitrogens with one attached hydrogen (secondary N) is 4. The Bertz CT molecular complexity index is 2350. The third-order valence-electron chi connectivity index (χ3n) is 14.6. The summed E-state index contributed by atoms with van der Waals surface area (Å²) in [5, 5.41) is 22.9. The quantitative estimate of drug-likeness (QED) is 0.123. The summed E-state index contributed by atoms with van der Waals surface area (Å²) in [4.78, 5) is 133. The van der Waals surface area contributed by atoms with E-state index < -0.39 is 132 Å². The predicted molar refractivity (Wildman–Crippen MR) is 287 cm³/mol. The molecule has 2 aliphatic heterocycles. The Balaban J connectivity index is 1.86. The van der Waals surface area contributed by atoms with Crippen molar-refractivity contribution >= 4 is 53.3 Å². The number of ketones is 1. The molecule has 426 valence electrons. The van der Waals surface area contributed by atoms with Crippen LogP contribution in [0.1, 0.15) is 119 Å². The second-order valence-electron chi connectivity index (χ2n) is 21.9. The maximum absolute atomic E-state index is 14.9. The van der Waals surface area contributed by atoms with E-state index in [4.69, 9.17) is 14.2 Å². The van der Waals surface area contributed by atoms with Crippen LogP contribution in [0.25, 0.3) is 0 Å². The molecule has 77 heavy (non-hydrogen) atoms. The highest BCUT2D eigenvalue weighted by Gasteiger charge is 2.44. The van der Waals surface area contributed by atoms with Gasteiger partial charge in [0.2, 0.25) is 35.4 Å². The number of cyclic esters (lactones) is 1. The van der Waals surface area contributed by atoms with Gasteiger partial charge in [-0.05, 0) is 86.5 Å². The Morgan fingerprint density at radius 2 is 1.51 bits per heavy atom. The number of benzene rings is 2. The van der Waals surface area contributed by atoms with Gasteiger partial charge < -0.3 is 50.4 Å². The summed E-state index contributed by atoms with van der Waals surface area (Å²) < 4.78 is 17.1. The summed E-state index contributed by atoms with van der Waals surface area (Å²) in [5.74, 6) is -8.08. The topological polar surface area (TPSA) is 259 Å². The molecular weight excluding hydrogens is 991 g/mol. The second-order valence-corrected chi connectivity index (χ2v) is 21.9. The molecule has 7 amide bonds. The first-order chi connectivity index (χ1) is 36.3. The van der Waals surface area contributed by atoms with Crippen LogP contribution in [0.15, 0.2) is 54.6 Å². The SMILES string of the molecule is CC[C@H](C)[C@H]1NC(=O)[C@@H](NC(=O)[C@@H](CC(C)C)N(C)C(=O)OCc2ccccc2)[C@H](C)OC(=O)[C@H](Cc2ccc(OC)cc2)N(C)C(=O)[C@@H]2CCCN2C(=O)[C@@H](CC(C)C)NC(=O)[C@@H](C)C(=O)[C@@H](C(C)C)NC(=O)C[C@H]1O. The highest BCUT2D eigenvalue weighted by atomic mass is 16.6. The molecular formula is C57H85N7O13. The average molecular weight is 1080 g/mol. The first-order valence-corrected chi connectivity index (χ1v) is 27.1. The number of ether oxygens (including phenoxy) is 3. The average Bonchev–Trinajstić information content (AvgIpc) is 3.89. The normalized spacial score (nSPS) is 25.6. The number of Topliss-reactive ketones (excluding diaryl/α,β-unsaturated/α-hetero) is 1. The van der Waals surface area contributed by atoms with Gasteiger partial charge in [0.05, 0.1) is 37.6 Å². The predicted octanol–water partition coefficient (Wildman–Crippen LogP) is 4.33. The fraction of sp³-hybridized carbons (Fsp3) is 0.632. The van der Waals surface area contributed by atoms with Gasteiger partial charge in [-0.25, -0.2) is 9.59 Å². The lowest BCUT2D eigenvalue weighted by Gasteiger charge is -2.36. The number of amides is 7. The van der Waals surface area contributed by atoms with Crippen molar-refractivity contribution < 1.29 is 62.5 Å². The molecule has 0 spiro atoms. The number of likely N-dealkylation sites (N-methyl/N-ethyl adjacent to an activating group) is 2. The van der Waals surface area contributed by atoms with Crippen LogP contribution in [0, 0.1) is 29.6 Å². The summed E-state index contributed by atoms with van der Waals surface area (Å²) in [6, 6.07) is 6.91. The van der Waals surface area contributed by atoms with Crippen molar-refractivity contribution in [3.8, 4) is 5.75 Å². The summed E-state index contributed by atoms with van der Waals surface area (Å²) in [6.07, 6.45) is -3.26. The number of aliphatic hydroxyl groups excluding tert-OH is 1. The summed E-state index contributed by atoms with van der Waals surface area (Å²) >= 11 is 0. The standard InChI is InChI=1S/C57H85N7O13/c1-14-35(8)48-45(65)30-46(66)59-47(34(6)7)50(67)36(9)51(68)58-41(27-32(2)3)54(71)64-26-18-21-42(64)55(72)62(11)44(29-38-22-24-40(75-13)25-23-38)56(73)77-37(10)49(53(70)60-48)61-52(69)43(28-33(4)5)63(12)57(74)76-31-39-19-16-15-17-20-39/h15-17,19-20,22-25,32-37,41-45,47-49,65H,14,18,21,26-31H2,1-13H3,(H,58,68)(H,59,66)(H,60,70)(H,61,69)/t35-,36-,37-,41+,42-,43+,44-,45+,47+,48+,49-/m0/s1. The highest BCUT2D eigenvalue weighted by Crippen LogP contribution is 2.26. The van der Waals surface area contributed by atoms with E-state index >= 15 is 0 Å². The maximum atomic E-state index is 14.9. The molecule has 2 aliphatic rings. The fourth-order valence-electron chi connectivity index (χ4n) is 9.68. The molecule has 0 aliphatic carbocycles. The minimum Gasteiger partial charge on any atom is -0.497 e. The zero-order valence-corrected chi connectivity index (χ0v) is 47.3. The second kappa shape index (κ2) is 29.2. The van der Waals surface area contributed by atoms with E-state index in [2.05, 4.69) is 21.3 Å². The zero-order chi connectivity index (χ0) is 57.4. The van der Waals surface area contributed by atoms with E-state index in [1.807, 2.05) is 40.7 Å². The van der Waals surface area contributed by atoms with Gasteiger partial charge in [-0.3, -0.25) is 38.5 Å². The number of carbonyl (C=O) groups is 9. The van der Waals surface area contributed by atoms with Crippen molar-refractivity contribution in [1.29, 1.82) is 0 Å². The van der Waals surface area contributed by atoms with Crippen LogP contribution in [-0.4, -0.2) is 155 Å². The number of hydrogen-bond acceptors (Lipinski definition) is 13. The number of methoxy groups -OCH3 is 1. The molecule has 2 heterocycles. The van der Waals surface area contributed by atoms with E-state index in [1.54, 1.807) is 69.3 Å². The van der Waals surface area contributed by atoms with Gasteiger partial charge in [-0.15, -0.1) is 0 Å². The van der Waals surface area contributed by atoms with Gasteiger partial charge in [0.1, 0.15) is 48.7 Å². The van der Waals surface area contributed by atoms with Crippen LogP contribution >= 0.6 is 0 Å². The molecule has 0 unspecified atom stereocenters. The lowest BCUT2D eigenvalue weighted by molar-refractivity contribution is -0.162. The first kappa shape index (κ1) is 63.0. The van der Waals surface area contributed by atoms with Crippen molar-refractivity contribution in [2.75, 3.05) is 27.7 Å². The molecule has 0 aromatic heterocycles. The van der Waals surface area contributed by atoms with E-state index in [-0.39, 0.29) is 50.7 Å². The molecule has 5 N–H and O–H groups in total. The number of hydrogen-bond donors (Lipinski definition) is 5. The Kier molecular flexibility index (Phi) is 23.9. The third-order valence-corrected chi connectivity index (χ3v) is 14.6. The lowest BCUT2D eigenvalue weighted by atomic mass is 9.89. The molecule has 2 aromatic rings. The highest BCUT2D eigenvalue weighted by molar-refractivity contribution is 6.06. The smallest absolute Gasteiger partial charge is 0.410 e. The van der Waals surface area contributed by atoms with Crippen LogP contribution in [0.4, 0.5) is 4.79 Å². The van der Waals surface area contributed by atoms with Crippen LogP contribution in [0.2, 0.25) is 0 Å². The molecule has 4 rings (SSSR count). The Morgan fingerprint density at radius 3 is 2.09 bits per heavy atom. The number of fused-ring (bicyclic) bond motifs is 1. The van der Waals surface area contributed by atoms with Crippen molar-refractivity contribution in [3.05, 3.63) is 65.7 Å². The maximum Gasteiger partial charge on any atom is 0.410 e. The molecule has 2 aromatic carbocycles. The number of carbonyl (C=O) groups excluding carboxylic acids is 9. The molecule has 0 radical (unpaired) electrons. The largest absolute Gasteiger partial charge is 0.497 e. The van der Waals surface area contributed by atoms with Crippen LogP contribution in [0.3, 0.4) is 0 Å². The number of esters is 1. The van der Waals surface area contributed by atoms with Gasteiger partial charge >= 0.3 is 12.1 Å². The molecule has 0 saturated carbocycles. The van der Waals surface area contributed by atoms with E-state index in [0.717, 1.165) is 4.90 Å². The van der Waals surface area contributed by atoms with Gasteiger partial charge in [0, 0.05) is 27.1 Å². The zero-order valence-electron chi connectivity index (χ0n) is 47.3. The summed E-state index contributed by atoms with van der Waals surface area (Å²) in [5.41, 5.74) is 1.31. The monoisotopic (exact) mass is 1080 g/mol. The van der Waals surface area contributed by atoms with Crippen LogP contribution in [-0.2, 0) is 60.9 Å². The van der Waals surface area contributed by atoms with Gasteiger partial charge in [-0.1, -0.05) is 104 Å². The van der Waals surface area contributed by atoms with Crippen LogP contribution < -0.4 is 26.0 Å². The third kappa shape index (κ3) is 17.5. The minimum atomic E-state index is -1.71. The molecule has 0 bridgehead atoms. The van der Waals surface area contributed by atoms with Gasteiger partial charge in [0.15, 0.2) is 5.78 Å². The molecule has 2 saturated heterocycles. The van der Waals surface area contributed by atoms with Crippen molar-refractivity contribution in [2.24, 2.45) is 29.6 Å². The fourth-order valence-corrected chi connectivity index (χ4v) is 9.68. The van der Waals surface area contributed by atoms with E-state index in [9.17, 15) is 48.3 Å². The van der Waals surface area contributed by atoms with Gasteiger partial charge in [0.25, 0.3) is 0 Å². The number of nitrogens with zero attached hydrogens (tertiary/aromatic N) is 3. The minimum absolute atomic E-state index is 0.0811. The van der Waals surface area contributed by atoms with E-state index in [1.165, 1.54) is 44.9 Å². The number of rotatable bonds is 15. The molecule has 20 nitrogen and oxygen atoms in total. The van der Waals surface area contributed by atoms with Crippen molar-refractivity contribution in [3.63, 3.8) is 0 Å². The van der Waals surface area contributed by atoms with Crippen LogP contribution in [0.5, 0.6) is 5.75 Å². The Labute approximate surface area is 454 Å².